The average molecular weight is 361 g/mol. The van der Waals surface area contributed by atoms with Crippen LogP contribution in [-0.2, 0) is 0 Å². The van der Waals surface area contributed by atoms with Crippen LogP contribution in [0.3, 0.4) is 0 Å². The number of halogens is 2. The topological polar surface area (TPSA) is 24.5 Å². The SMILES string of the molecule is COc1ccc(C(C)C)cc1[C@H](C1CC1)N1CCNCC1.Cl.Cl. The van der Waals surface area contributed by atoms with Crippen molar-refractivity contribution in [1.82, 2.24) is 10.2 Å². The van der Waals surface area contributed by atoms with Gasteiger partial charge in [0.1, 0.15) is 5.75 Å². The third-order valence-electron chi connectivity index (χ3n) is 4.85. The van der Waals surface area contributed by atoms with Crippen molar-refractivity contribution < 1.29 is 4.74 Å². The van der Waals surface area contributed by atoms with Crippen LogP contribution >= 0.6 is 24.8 Å². The van der Waals surface area contributed by atoms with Crippen LogP contribution in [0.2, 0.25) is 0 Å². The first-order chi connectivity index (χ1) is 10.2. The molecule has 1 saturated heterocycles. The molecule has 1 aliphatic heterocycles. The highest BCUT2D eigenvalue weighted by Gasteiger charge is 2.38. The van der Waals surface area contributed by atoms with Gasteiger partial charge in [0.15, 0.2) is 0 Å². The van der Waals surface area contributed by atoms with E-state index in [0.717, 1.165) is 37.8 Å². The number of hydrogen-bond donors (Lipinski definition) is 1. The standard InChI is InChI=1S/C18H28N2O.2ClH/c1-13(2)15-6-7-17(21-3)16(12-15)18(14-4-5-14)20-10-8-19-9-11-20;;/h6-7,12-14,18-19H,4-5,8-11H2,1-3H3;2*1H/t18-;;/m0../s1. The normalized spacial score (nSPS) is 19.7. The molecule has 0 amide bonds. The zero-order valence-corrected chi connectivity index (χ0v) is 16.0. The molecule has 2 fully saturated rings. The van der Waals surface area contributed by atoms with Crippen molar-refractivity contribution in [1.29, 1.82) is 0 Å². The number of piperazine rings is 1. The Morgan fingerprint density at radius 1 is 1.13 bits per heavy atom. The summed E-state index contributed by atoms with van der Waals surface area (Å²) in [7, 11) is 1.80. The van der Waals surface area contributed by atoms with Gasteiger partial charge in [-0.2, -0.15) is 0 Å². The van der Waals surface area contributed by atoms with E-state index in [1.165, 1.54) is 24.0 Å². The van der Waals surface area contributed by atoms with Crippen LogP contribution in [0.1, 0.15) is 49.8 Å². The second kappa shape index (κ2) is 9.12. The van der Waals surface area contributed by atoms with E-state index in [4.69, 9.17) is 4.74 Å². The Kier molecular flexibility index (Phi) is 8.15. The summed E-state index contributed by atoms with van der Waals surface area (Å²) >= 11 is 0. The molecule has 1 aromatic carbocycles. The van der Waals surface area contributed by atoms with E-state index in [9.17, 15) is 0 Å². The minimum absolute atomic E-state index is 0. The van der Waals surface area contributed by atoms with Gasteiger partial charge in [0.25, 0.3) is 0 Å². The van der Waals surface area contributed by atoms with Gasteiger partial charge < -0.3 is 10.1 Å². The van der Waals surface area contributed by atoms with Crippen molar-refractivity contribution in [2.24, 2.45) is 5.92 Å². The van der Waals surface area contributed by atoms with Gasteiger partial charge >= 0.3 is 0 Å². The van der Waals surface area contributed by atoms with E-state index in [-0.39, 0.29) is 24.8 Å². The predicted molar refractivity (Wildman–Crippen MR) is 101 cm³/mol. The smallest absolute Gasteiger partial charge is 0.123 e. The molecule has 1 heterocycles. The number of methoxy groups -OCH3 is 1. The third-order valence-corrected chi connectivity index (χ3v) is 4.85. The lowest BCUT2D eigenvalue weighted by molar-refractivity contribution is 0.153. The van der Waals surface area contributed by atoms with E-state index in [1.54, 1.807) is 7.11 Å². The van der Waals surface area contributed by atoms with Crippen LogP contribution in [0.15, 0.2) is 18.2 Å². The van der Waals surface area contributed by atoms with Crippen molar-refractivity contribution in [3.8, 4) is 5.75 Å². The van der Waals surface area contributed by atoms with Crippen LogP contribution in [0.25, 0.3) is 0 Å². The molecule has 1 atom stereocenters. The van der Waals surface area contributed by atoms with Crippen molar-refractivity contribution in [2.75, 3.05) is 33.3 Å². The number of ether oxygens (including phenoxy) is 1. The molecule has 132 valence electrons. The van der Waals surface area contributed by atoms with Crippen molar-refractivity contribution in [2.45, 2.75) is 38.6 Å². The third kappa shape index (κ3) is 4.76. The minimum Gasteiger partial charge on any atom is -0.496 e. The fraction of sp³-hybridized carbons (Fsp3) is 0.667. The summed E-state index contributed by atoms with van der Waals surface area (Å²) in [5.74, 6) is 2.45. The highest BCUT2D eigenvalue weighted by Crippen LogP contribution is 2.47. The van der Waals surface area contributed by atoms with Gasteiger partial charge in [0.2, 0.25) is 0 Å². The van der Waals surface area contributed by atoms with Crippen molar-refractivity contribution >= 4 is 24.8 Å². The van der Waals surface area contributed by atoms with Gasteiger partial charge in [-0.05, 0) is 36.3 Å². The fourth-order valence-corrected chi connectivity index (χ4v) is 3.46. The maximum Gasteiger partial charge on any atom is 0.123 e. The second-order valence-corrected chi connectivity index (χ2v) is 6.72. The average Bonchev–Trinajstić information content (AvgIpc) is 3.33. The van der Waals surface area contributed by atoms with Gasteiger partial charge in [-0.25, -0.2) is 0 Å². The quantitative estimate of drug-likeness (QED) is 0.857. The zero-order valence-electron chi connectivity index (χ0n) is 14.4. The number of nitrogens with one attached hydrogen (secondary N) is 1. The number of rotatable bonds is 5. The van der Waals surface area contributed by atoms with Crippen molar-refractivity contribution in [3.63, 3.8) is 0 Å². The summed E-state index contributed by atoms with van der Waals surface area (Å²) in [4.78, 5) is 2.66. The second-order valence-electron chi connectivity index (χ2n) is 6.72. The first-order valence-corrected chi connectivity index (χ1v) is 8.33. The molecule has 0 radical (unpaired) electrons. The van der Waals surface area contributed by atoms with E-state index < -0.39 is 0 Å². The Morgan fingerprint density at radius 2 is 1.78 bits per heavy atom. The van der Waals surface area contributed by atoms with Crippen molar-refractivity contribution in [3.05, 3.63) is 29.3 Å². The minimum atomic E-state index is 0. The van der Waals surface area contributed by atoms with E-state index in [1.807, 2.05) is 0 Å². The van der Waals surface area contributed by atoms with Crippen LogP contribution in [0, 0.1) is 5.92 Å². The van der Waals surface area contributed by atoms with Gasteiger partial charge in [-0.1, -0.05) is 26.0 Å². The molecule has 1 aliphatic carbocycles. The lowest BCUT2D eigenvalue weighted by atomic mass is 9.93. The first kappa shape index (κ1) is 20.6. The van der Waals surface area contributed by atoms with E-state index in [2.05, 4.69) is 42.3 Å². The Labute approximate surface area is 153 Å². The summed E-state index contributed by atoms with van der Waals surface area (Å²) in [5, 5.41) is 3.47. The molecule has 0 bridgehead atoms. The summed E-state index contributed by atoms with van der Waals surface area (Å²) < 4.78 is 5.69. The van der Waals surface area contributed by atoms with Gasteiger partial charge in [0, 0.05) is 37.8 Å². The molecular weight excluding hydrogens is 331 g/mol. The van der Waals surface area contributed by atoms with Crippen LogP contribution < -0.4 is 10.1 Å². The van der Waals surface area contributed by atoms with Gasteiger partial charge in [0.05, 0.1) is 7.11 Å². The maximum atomic E-state index is 5.69. The van der Waals surface area contributed by atoms with E-state index >= 15 is 0 Å². The molecule has 0 unspecified atom stereocenters. The Balaban J connectivity index is 0.00000132. The van der Waals surface area contributed by atoms with Gasteiger partial charge in [-0.15, -0.1) is 24.8 Å². The Morgan fingerprint density at radius 3 is 2.30 bits per heavy atom. The summed E-state index contributed by atoms with van der Waals surface area (Å²) in [6.07, 6.45) is 2.73. The number of nitrogens with zero attached hydrogens (tertiary/aromatic N) is 1. The Hall–Kier alpha value is -0.480. The molecule has 0 spiro atoms. The lowest BCUT2D eigenvalue weighted by Crippen LogP contribution is -2.45. The molecule has 1 N–H and O–H groups in total. The van der Waals surface area contributed by atoms with E-state index in [0.29, 0.717) is 12.0 Å². The predicted octanol–water partition coefficient (Wildman–Crippen LogP) is 4.02. The largest absolute Gasteiger partial charge is 0.496 e. The summed E-state index contributed by atoms with van der Waals surface area (Å²) in [6, 6.07) is 7.33. The zero-order chi connectivity index (χ0) is 14.8. The number of benzene rings is 1. The molecule has 1 aromatic rings. The Bertz CT molecular complexity index is 486. The van der Waals surface area contributed by atoms with Gasteiger partial charge in [-0.3, -0.25) is 4.90 Å². The molecule has 0 aromatic heterocycles. The molecule has 5 heteroatoms. The first-order valence-electron chi connectivity index (χ1n) is 8.33. The van der Waals surface area contributed by atoms with Crippen LogP contribution in [0.4, 0.5) is 0 Å². The fourth-order valence-electron chi connectivity index (χ4n) is 3.46. The molecule has 23 heavy (non-hydrogen) atoms. The molecule has 3 rings (SSSR count). The van der Waals surface area contributed by atoms with Crippen LogP contribution in [-0.4, -0.2) is 38.2 Å². The molecular formula is C18H30Cl2N2O. The highest BCUT2D eigenvalue weighted by atomic mass is 35.5. The summed E-state index contributed by atoms with van der Waals surface area (Å²) in [6.45, 7) is 9.04. The molecule has 1 saturated carbocycles. The summed E-state index contributed by atoms with van der Waals surface area (Å²) in [5.41, 5.74) is 2.83. The molecule has 3 nitrogen and oxygen atoms in total. The highest BCUT2D eigenvalue weighted by molar-refractivity contribution is 5.85. The molecule has 2 aliphatic rings. The number of hydrogen-bond acceptors (Lipinski definition) is 3. The van der Waals surface area contributed by atoms with Crippen LogP contribution in [0.5, 0.6) is 5.75 Å². The lowest BCUT2D eigenvalue weighted by Gasteiger charge is -2.36. The monoisotopic (exact) mass is 360 g/mol. The maximum absolute atomic E-state index is 5.69.